The smallest absolute Gasteiger partial charge is 0.462 e. The van der Waals surface area contributed by atoms with E-state index in [-0.39, 0.29) is 25.7 Å². The van der Waals surface area contributed by atoms with Gasteiger partial charge in [0.2, 0.25) is 0 Å². The molecule has 576 valence electrons. The van der Waals surface area contributed by atoms with Gasteiger partial charge in [0.1, 0.15) is 19.3 Å². The highest BCUT2D eigenvalue weighted by Crippen LogP contribution is 2.45. The Morgan fingerprint density at radius 3 is 0.784 bits per heavy atom. The highest BCUT2D eigenvalue weighted by Gasteiger charge is 2.30. The third-order valence-electron chi connectivity index (χ3n) is 18.5. The van der Waals surface area contributed by atoms with Crippen LogP contribution in [0.4, 0.5) is 0 Å². The Bertz CT molecular complexity index is 1890. The van der Waals surface area contributed by atoms with Gasteiger partial charge in [-0.05, 0) is 43.4 Å². The number of phosphoric ester groups is 2. The van der Waals surface area contributed by atoms with Crippen LogP contribution in [0.2, 0.25) is 0 Å². The van der Waals surface area contributed by atoms with Gasteiger partial charge in [0.05, 0.1) is 26.4 Å². The van der Waals surface area contributed by atoms with Crippen molar-refractivity contribution in [2.24, 2.45) is 17.8 Å². The normalized spacial score (nSPS) is 14.3. The van der Waals surface area contributed by atoms with Crippen molar-refractivity contribution in [1.82, 2.24) is 0 Å². The maximum atomic E-state index is 13.1. The first-order chi connectivity index (χ1) is 46.8. The number of aliphatic hydroxyl groups is 1. The van der Waals surface area contributed by atoms with E-state index < -0.39 is 97.5 Å². The van der Waals surface area contributed by atoms with E-state index in [1.165, 1.54) is 205 Å². The average Bonchev–Trinajstić information content (AvgIpc) is 3.71. The Balaban J connectivity index is 5.25. The zero-order valence-electron chi connectivity index (χ0n) is 63.5. The van der Waals surface area contributed by atoms with E-state index in [1.54, 1.807) is 0 Å². The molecule has 97 heavy (non-hydrogen) atoms. The fourth-order valence-corrected chi connectivity index (χ4v) is 13.5. The van der Waals surface area contributed by atoms with Crippen molar-refractivity contribution in [3.05, 3.63) is 0 Å². The summed E-state index contributed by atoms with van der Waals surface area (Å²) in [6.45, 7) is 11.9. The number of aliphatic hydroxyl groups excluding tert-OH is 1. The fourth-order valence-electron chi connectivity index (χ4n) is 11.9. The molecule has 0 saturated heterocycles. The number of carbonyl (C=O) groups is 4. The van der Waals surface area contributed by atoms with Crippen LogP contribution in [0.15, 0.2) is 0 Å². The van der Waals surface area contributed by atoms with Gasteiger partial charge < -0.3 is 33.8 Å². The van der Waals surface area contributed by atoms with Gasteiger partial charge in [-0.15, -0.1) is 0 Å². The van der Waals surface area contributed by atoms with Crippen LogP contribution in [0.3, 0.4) is 0 Å². The average molecular weight is 1420 g/mol. The second kappa shape index (κ2) is 68.5. The summed E-state index contributed by atoms with van der Waals surface area (Å²) in [5.41, 5.74) is 0. The Morgan fingerprint density at radius 1 is 0.299 bits per heavy atom. The van der Waals surface area contributed by atoms with Crippen molar-refractivity contribution in [1.29, 1.82) is 0 Å². The lowest BCUT2D eigenvalue weighted by atomic mass is 9.99. The van der Waals surface area contributed by atoms with Crippen molar-refractivity contribution < 1.29 is 80.2 Å². The van der Waals surface area contributed by atoms with Crippen molar-refractivity contribution in [3.63, 3.8) is 0 Å². The number of rotatable bonds is 76. The van der Waals surface area contributed by atoms with Crippen LogP contribution in [0.1, 0.15) is 402 Å². The van der Waals surface area contributed by atoms with Gasteiger partial charge in [-0.1, -0.05) is 350 Å². The lowest BCUT2D eigenvalue weighted by molar-refractivity contribution is -0.161. The molecule has 0 aliphatic rings. The molecule has 0 fully saturated rings. The fraction of sp³-hybridized carbons (Fsp3) is 0.949. The van der Waals surface area contributed by atoms with Crippen LogP contribution in [0.25, 0.3) is 0 Å². The Hall–Kier alpha value is -1.94. The molecule has 0 aromatic rings. The van der Waals surface area contributed by atoms with Crippen LogP contribution in [0.5, 0.6) is 0 Å². The van der Waals surface area contributed by atoms with Gasteiger partial charge in [0.15, 0.2) is 12.2 Å². The highest BCUT2D eigenvalue weighted by atomic mass is 31.2. The van der Waals surface area contributed by atoms with Gasteiger partial charge in [-0.3, -0.25) is 37.3 Å². The van der Waals surface area contributed by atoms with Crippen LogP contribution in [-0.2, 0) is 65.4 Å². The van der Waals surface area contributed by atoms with Crippen molar-refractivity contribution in [2.45, 2.75) is 420 Å². The first-order valence-electron chi connectivity index (χ1n) is 40.4. The van der Waals surface area contributed by atoms with Gasteiger partial charge >= 0.3 is 39.5 Å². The zero-order valence-corrected chi connectivity index (χ0v) is 65.3. The number of phosphoric acid groups is 2. The number of hydrogen-bond donors (Lipinski definition) is 3. The molecule has 0 saturated carbocycles. The topological polar surface area (TPSA) is 237 Å². The SMILES string of the molecule is CCCCCCCCCCCCCCCCCCC(=O)OC[C@H](COP(=O)(O)OC[C@@H](O)COP(=O)(O)OC[C@@H](COC(=O)CCCCCCCCCC(C)C)OC(=O)CCCCCCCCCCCCC(C)C)OC(=O)CCCCCCCCCCCCCCCCC(C)CC. The number of esters is 4. The molecule has 0 heterocycles. The molecule has 0 amide bonds. The molecule has 0 aliphatic heterocycles. The van der Waals surface area contributed by atoms with E-state index >= 15 is 0 Å². The molecule has 0 rings (SSSR count). The van der Waals surface area contributed by atoms with E-state index in [1.807, 2.05) is 0 Å². The van der Waals surface area contributed by atoms with E-state index in [4.69, 9.17) is 37.0 Å². The van der Waals surface area contributed by atoms with Crippen LogP contribution in [-0.4, -0.2) is 96.7 Å². The lowest BCUT2D eigenvalue weighted by Crippen LogP contribution is -2.30. The summed E-state index contributed by atoms with van der Waals surface area (Å²) in [4.78, 5) is 72.9. The summed E-state index contributed by atoms with van der Waals surface area (Å²) in [5, 5.41) is 10.6. The molecule has 3 unspecified atom stereocenters. The predicted molar refractivity (Wildman–Crippen MR) is 395 cm³/mol. The molecule has 0 bridgehead atoms. The van der Waals surface area contributed by atoms with E-state index in [0.717, 1.165) is 108 Å². The number of ether oxygens (including phenoxy) is 4. The summed E-state index contributed by atoms with van der Waals surface area (Å²) in [7, 11) is -9.92. The van der Waals surface area contributed by atoms with Gasteiger partial charge in [-0.2, -0.15) is 0 Å². The summed E-state index contributed by atoms with van der Waals surface area (Å²) in [5.74, 6) is 0.187. The zero-order chi connectivity index (χ0) is 71.6. The largest absolute Gasteiger partial charge is 0.472 e. The molecule has 6 atom stereocenters. The Labute approximate surface area is 594 Å². The highest BCUT2D eigenvalue weighted by molar-refractivity contribution is 7.47. The second-order valence-corrected chi connectivity index (χ2v) is 32.2. The maximum Gasteiger partial charge on any atom is 0.472 e. The van der Waals surface area contributed by atoms with Gasteiger partial charge in [0, 0.05) is 25.7 Å². The van der Waals surface area contributed by atoms with E-state index in [2.05, 4.69) is 48.5 Å². The summed E-state index contributed by atoms with van der Waals surface area (Å²) < 4.78 is 68.6. The quantitative estimate of drug-likeness (QED) is 0.0222. The molecule has 19 heteroatoms. The lowest BCUT2D eigenvalue weighted by Gasteiger charge is -2.21. The minimum Gasteiger partial charge on any atom is -0.462 e. The molecule has 0 radical (unpaired) electrons. The molecule has 3 N–H and O–H groups in total. The maximum absolute atomic E-state index is 13.1. The monoisotopic (exact) mass is 1420 g/mol. The molecule has 0 aromatic carbocycles. The number of hydrogen-bond acceptors (Lipinski definition) is 15. The van der Waals surface area contributed by atoms with Crippen molar-refractivity contribution >= 4 is 39.5 Å². The minimum absolute atomic E-state index is 0.105. The Kier molecular flexibility index (Phi) is 67.1. The third-order valence-corrected chi connectivity index (χ3v) is 20.4. The van der Waals surface area contributed by atoms with Crippen LogP contribution in [0, 0.1) is 17.8 Å². The molecule has 0 aromatic heterocycles. The van der Waals surface area contributed by atoms with Crippen LogP contribution >= 0.6 is 15.6 Å². The second-order valence-electron chi connectivity index (χ2n) is 29.3. The van der Waals surface area contributed by atoms with Crippen molar-refractivity contribution in [3.8, 4) is 0 Å². The first kappa shape index (κ1) is 95.1. The Morgan fingerprint density at radius 2 is 0.526 bits per heavy atom. The van der Waals surface area contributed by atoms with E-state index in [0.29, 0.717) is 31.6 Å². The molecule has 17 nitrogen and oxygen atoms in total. The van der Waals surface area contributed by atoms with E-state index in [9.17, 15) is 43.2 Å². The molecule has 0 spiro atoms. The van der Waals surface area contributed by atoms with Gasteiger partial charge in [-0.25, -0.2) is 9.13 Å². The first-order valence-corrected chi connectivity index (χ1v) is 43.4. The number of unbranched alkanes of at least 4 members (excludes halogenated alkanes) is 43. The summed E-state index contributed by atoms with van der Waals surface area (Å²) in [6.07, 6.45) is 55.5. The summed E-state index contributed by atoms with van der Waals surface area (Å²) in [6, 6.07) is 0. The van der Waals surface area contributed by atoms with Crippen molar-refractivity contribution in [2.75, 3.05) is 39.6 Å². The summed E-state index contributed by atoms with van der Waals surface area (Å²) >= 11 is 0. The molecule has 0 aliphatic carbocycles. The standard InChI is InChI=1S/C78H152O17P2/c1-8-10-11-12-13-14-15-16-17-18-22-25-31-38-45-52-59-75(80)88-65-73(94-77(82)61-54-47-39-32-26-23-20-19-21-24-30-37-44-51-58-71(7)9-2)67-92-96(84,85)90-63-72(79)64-91-97(86,87)93-68-74(66-89-76(81)60-53-46-41-34-36-43-50-57-70(5)6)95-78(83)62-55-48-40-33-28-27-29-35-42-49-56-69(3)4/h69-74,79H,8-68H2,1-7H3,(H,84,85)(H,86,87)/t71?,72-,73-,74-/m1/s1. The number of carbonyl (C=O) groups excluding carboxylic acids is 4. The molecular formula is C78H152O17P2. The molecular weight excluding hydrogens is 1270 g/mol. The minimum atomic E-state index is -4.96. The van der Waals surface area contributed by atoms with Gasteiger partial charge in [0.25, 0.3) is 0 Å². The third kappa shape index (κ3) is 70.9. The predicted octanol–water partition coefficient (Wildman–Crippen LogP) is 23.0. The van der Waals surface area contributed by atoms with Crippen LogP contribution < -0.4 is 0 Å².